The van der Waals surface area contributed by atoms with Gasteiger partial charge in [0.1, 0.15) is 6.29 Å². The summed E-state index contributed by atoms with van der Waals surface area (Å²) in [4.78, 5) is 58.9. The third-order valence-electron chi connectivity index (χ3n) is 6.19. The molecule has 2 aliphatic rings. The first-order chi connectivity index (χ1) is 17.1. The lowest BCUT2D eigenvalue weighted by molar-refractivity contribution is -0.139. The van der Waals surface area contributed by atoms with E-state index in [2.05, 4.69) is 36.7 Å². The normalized spacial score (nSPS) is 19.1. The van der Waals surface area contributed by atoms with Gasteiger partial charge in [-0.2, -0.15) is 0 Å². The molecule has 1 heterocycles. The zero-order valence-electron chi connectivity index (χ0n) is 24.2. The van der Waals surface area contributed by atoms with Gasteiger partial charge in [0, 0.05) is 6.54 Å². The molecule has 1 saturated carbocycles. The van der Waals surface area contributed by atoms with Gasteiger partial charge >= 0.3 is 6.03 Å². The molecule has 1 aliphatic carbocycles. The number of carbonyl (C=O) groups is 5. The van der Waals surface area contributed by atoms with Crippen LogP contribution < -0.4 is 21.7 Å². The Kier molecular flexibility index (Phi) is 15.9. The number of amides is 4. The number of urea groups is 1. The number of nitrogens with two attached hydrogens (primary N) is 1. The van der Waals surface area contributed by atoms with E-state index in [1.807, 2.05) is 39.6 Å². The van der Waals surface area contributed by atoms with Crippen molar-refractivity contribution in [1.82, 2.24) is 20.9 Å². The minimum absolute atomic E-state index is 0.163. The second-order valence-electron chi connectivity index (χ2n) is 11.7. The molecule has 0 bridgehead atoms. The summed E-state index contributed by atoms with van der Waals surface area (Å²) < 4.78 is 0. The second kappa shape index (κ2) is 17.1. The molecular weight excluding hydrogens is 474 g/mol. The van der Waals surface area contributed by atoms with Gasteiger partial charge in [0.2, 0.25) is 11.7 Å². The van der Waals surface area contributed by atoms with Gasteiger partial charge in [-0.25, -0.2) is 4.79 Å². The SMILES string of the molecule is CC(C)C.CCNC(=O)NC(C=O)C(C)(C)C.CN1CCCC1C(=O)NC(CC1CCC1)C(=O)C(N)=O. The molecule has 5 N–H and O–H groups in total. The highest BCUT2D eigenvalue weighted by Gasteiger charge is 2.34. The van der Waals surface area contributed by atoms with Crippen LogP contribution in [-0.4, -0.2) is 73.1 Å². The molecule has 1 saturated heterocycles. The molecule has 3 atom stereocenters. The van der Waals surface area contributed by atoms with Crippen molar-refractivity contribution in [3.05, 3.63) is 0 Å². The fourth-order valence-corrected chi connectivity index (χ4v) is 3.78. The Hall–Kier alpha value is -2.49. The summed E-state index contributed by atoms with van der Waals surface area (Å²) in [6.45, 7) is 15.5. The standard InChI is InChI=1S/C14H23N3O3.C9H18N2O2.C4H10/c1-17-7-3-6-11(17)14(20)16-10(12(18)13(15)19)8-9-4-2-5-9;1-5-10-8(13)11-7(6-12)9(2,3)4;1-4(2)3/h9-11H,2-8H2,1H3,(H2,15,19)(H,16,20);6-7H,5H2,1-4H3,(H2,10,11,13);4H,1-3H3. The number of likely N-dealkylation sites (N-methyl/N-ethyl adjacent to an activating group) is 1. The van der Waals surface area contributed by atoms with E-state index in [4.69, 9.17) is 5.73 Å². The lowest BCUT2D eigenvalue weighted by Crippen LogP contribution is -2.52. The Bertz CT molecular complexity index is 743. The molecule has 2 fully saturated rings. The summed E-state index contributed by atoms with van der Waals surface area (Å²) in [5.74, 6) is -0.547. The van der Waals surface area contributed by atoms with Crippen LogP contribution in [0.15, 0.2) is 0 Å². The molecule has 0 radical (unpaired) electrons. The van der Waals surface area contributed by atoms with E-state index in [1.54, 1.807) is 0 Å². The van der Waals surface area contributed by atoms with Crippen molar-refractivity contribution in [3.63, 3.8) is 0 Å². The van der Waals surface area contributed by atoms with Crippen LogP contribution in [-0.2, 0) is 19.2 Å². The Morgan fingerprint density at radius 3 is 1.95 bits per heavy atom. The van der Waals surface area contributed by atoms with Gasteiger partial charge in [0.05, 0.1) is 18.1 Å². The molecule has 0 spiro atoms. The van der Waals surface area contributed by atoms with E-state index in [0.717, 1.165) is 50.9 Å². The summed E-state index contributed by atoms with van der Waals surface area (Å²) >= 11 is 0. The predicted octanol–water partition coefficient (Wildman–Crippen LogP) is 2.39. The van der Waals surface area contributed by atoms with E-state index in [1.165, 1.54) is 0 Å². The second-order valence-corrected chi connectivity index (χ2v) is 11.7. The van der Waals surface area contributed by atoms with Gasteiger partial charge in [-0.05, 0) is 57.0 Å². The molecule has 214 valence electrons. The number of primary amides is 1. The Morgan fingerprint density at radius 1 is 1.03 bits per heavy atom. The smallest absolute Gasteiger partial charge is 0.315 e. The molecule has 10 heteroatoms. The molecule has 10 nitrogen and oxygen atoms in total. The maximum Gasteiger partial charge on any atom is 0.315 e. The zero-order valence-corrected chi connectivity index (χ0v) is 24.2. The number of aldehydes is 1. The summed E-state index contributed by atoms with van der Waals surface area (Å²) in [5.41, 5.74) is 4.84. The third kappa shape index (κ3) is 14.1. The lowest BCUT2D eigenvalue weighted by Gasteiger charge is -2.30. The zero-order chi connectivity index (χ0) is 28.8. The van der Waals surface area contributed by atoms with Crippen LogP contribution in [0.4, 0.5) is 4.79 Å². The fourth-order valence-electron chi connectivity index (χ4n) is 3.78. The van der Waals surface area contributed by atoms with Crippen molar-refractivity contribution in [2.24, 2.45) is 23.0 Å². The molecule has 0 aromatic rings. The van der Waals surface area contributed by atoms with Crippen molar-refractivity contribution >= 4 is 29.9 Å². The van der Waals surface area contributed by atoms with E-state index < -0.39 is 23.8 Å². The molecule has 1 aliphatic heterocycles. The average molecular weight is 526 g/mol. The summed E-state index contributed by atoms with van der Waals surface area (Å²) in [6, 6.07) is -1.69. The molecule has 0 aromatic carbocycles. The van der Waals surface area contributed by atoms with Crippen molar-refractivity contribution in [3.8, 4) is 0 Å². The Labute approximate surface area is 223 Å². The largest absolute Gasteiger partial charge is 0.363 e. The summed E-state index contributed by atoms with van der Waals surface area (Å²) in [5, 5.41) is 7.90. The Morgan fingerprint density at radius 2 is 1.59 bits per heavy atom. The van der Waals surface area contributed by atoms with E-state index >= 15 is 0 Å². The van der Waals surface area contributed by atoms with Crippen LogP contribution in [0.2, 0.25) is 0 Å². The maximum atomic E-state index is 12.2. The van der Waals surface area contributed by atoms with Crippen LogP contribution >= 0.6 is 0 Å². The van der Waals surface area contributed by atoms with Crippen molar-refractivity contribution in [2.75, 3.05) is 20.1 Å². The number of rotatable bonds is 9. The van der Waals surface area contributed by atoms with Gasteiger partial charge in [-0.3, -0.25) is 19.3 Å². The number of nitrogens with zero attached hydrogens (tertiary/aromatic N) is 1. The van der Waals surface area contributed by atoms with Crippen LogP contribution in [0.25, 0.3) is 0 Å². The highest BCUT2D eigenvalue weighted by molar-refractivity contribution is 6.37. The predicted molar refractivity (Wildman–Crippen MR) is 146 cm³/mol. The first-order valence-corrected chi connectivity index (χ1v) is 13.5. The van der Waals surface area contributed by atoms with Crippen LogP contribution in [0.3, 0.4) is 0 Å². The molecule has 37 heavy (non-hydrogen) atoms. The number of likely N-dealkylation sites (tertiary alicyclic amines) is 1. The van der Waals surface area contributed by atoms with Gasteiger partial charge in [0.25, 0.3) is 5.91 Å². The number of carbonyl (C=O) groups excluding carboxylic acids is 5. The van der Waals surface area contributed by atoms with E-state index in [9.17, 15) is 24.0 Å². The summed E-state index contributed by atoms with van der Waals surface area (Å²) in [7, 11) is 1.90. The molecular formula is C27H51N5O5. The quantitative estimate of drug-likeness (QED) is 0.268. The number of ketones is 1. The third-order valence-corrected chi connectivity index (χ3v) is 6.19. The monoisotopic (exact) mass is 525 g/mol. The lowest BCUT2D eigenvalue weighted by atomic mass is 9.80. The summed E-state index contributed by atoms with van der Waals surface area (Å²) in [6.07, 6.45) is 6.33. The van der Waals surface area contributed by atoms with E-state index in [-0.39, 0.29) is 23.4 Å². The molecule has 4 amide bonds. The molecule has 0 aromatic heterocycles. The van der Waals surface area contributed by atoms with E-state index in [0.29, 0.717) is 18.9 Å². The minimum atomic E-state index is -0.964. The van der Waals surface area contributed by atoms with Crippen molar-refractivity contribution < 1.29 is 24.0 Å². The van der Waals surface area contributed by atoms with Gasteiger partial charge in [0.15, 0.2) is 0 Å². The average Bonchev–Trinajstić information content (AvgIpc) is 3.18. The van der Waals surface area contributed by atoms with Gasteiger partial charge < -0.3 is 26.5 Å². The van der Waals surface area contributed by atoms with Gasteiger partial charge in [-0.1, -0.05) is 60.8 Å². The van der Waals surface area contributed by atoms with Crippen LogP contribution in [0.1, 0.15) is 87.0 Å². The highest BCUT2D eigenvalue weighted by Crippen LogP contribution is 2.30. The van der Waals surface area contributed by atoms with Crippen molar-refractivity contribution in [1.29, 1.82) is 0 Å². The Balaban J connectivity index is 0.000000657. The minimum Gasteiger partial charge on any atom is -0.363 e. The first-order valence-electron chi connectivity index (χ1n) is 13.5. The first kappa shape index (κ1) is 34.5. The topological polar surface area (TPSA) is 151 Å². The maximum absolute atomic E-state index is 12.2. The highest BCUT2D eigenvalue weighted by atomic mass is 16.2. The van der Waals surface area contributed by atoms with Crippen molar-refractivity contribution in [2.45, 2.75) is 105 Å². The van der Waals surface area contributed by atoms with Crippen LogP contribution in [0.5, 0.6) is 0 Å². The number of nitrogens with one attached hydrogen (secondary N) is 3. The fraction of sp³-hybridized carbons (Fsp3) is 0.815. The molecule has 2 rings (SSSR count). The van der Waals surface area contributed by atoms with Gasteiger partial charge in [-0.15, -0.1) is 0 Å². The number of hydrogen-bond acceptors (Lipinski definition) is 6. The molecule has 3 unspecified atom stereocenters. The van der Waals surface area contributed by atoms with Crippen LogP contribution in [0, 0.1) is 17.3 Å². The number of hydrogen-bond donors (Lipinski definition) is 4. The number of Topliss-reactive ketones (excluding diaryl/α,β-unsaturated/α-hetero) is 1.